The number of piperidine rings is 1. The summed E-state index contributed by atoms with van der Waals surface area (Å²) < 4.78 is 27.3. The fourth-order valence-electron chi connectivity index (χ4n) is 2.46. The summed E-state index contributed by atoms with van der Waals surface area (Å²) in [5, 5.41) is 9.22. The predicted molar refractivity (Wildman–Crippen MR) is 80.4 cm³/mol. The van der Waals surface area contributed by atoms with Crippen molar-refractivity contribution in [1.29, 1.82) is 0 Å². The standard InChI is InChI=1S/C13H22N2O3S2/c1-10-7-13(19-12(10)9-16)20(17,18)15-6-4-5-11(8-15)14(2)3/h7,11,16H,4-6,8-9H2,1-3H3. The Morgan fingerprint density at radius 3 is 2.75 bits per heavy atom. The number of aryl methyl sites for hydroxylation is 1. The van der Waals surface area contributed by atoms with Crippen molar-refractivity contribution in [2.75, 3.05) is 27.2 Å². The molecule has 0 spiro atoms. The van der Waals surface area contributed by atoms with Crippen molar-refractivity contribution in [3.8, 4) is 0 Å². The van der Waals surface area contributed by atoms with Crippen molar-refractivity contribution in [3.05, 3.63) is 16.5 Å². The van der Waals surface area contributed by atoms with Crippen LogP contribution < -0.4 is 0 Å². The second-order valence-electron chi connectivity index (χ2n) is 5.45. The van der Waals surface area contributed by atoms with Crippen LogP contribution in [-0.2, 0) is 16.6 Å². The number of aliphatic hydroxyl groups excluding tert-OH is 1. The second-order valence-corrected chi connectivity index (χ2v) is 8.75. The molecule has 1 unspecified atom stereocenters. The SMILES string of the molecule is Cc1cc(S(=O)(=O)N2CCCC(N(C)C)C2)sc1CO. The Bertz CT molecular complexity index is 566. The first-order valence-corrected chi connectivity index (χ1v) is 8.98. The van der Waals surface area contributed by atoms with Crippen LogP contribution in [0.3, 0.4) is 0 Å². The van der Waals surface area contributed by atoms with Crippen LogP contribution in [0, 0.1) is 6.92 Å². The van der Waals surface area contributed by atoms with E-state index in [2.05, 4.69) is 4.90 Å². The largest absolute Gasteiger partial charge is 0.391 e. The summed E-state index contributed by atoms with van der Waals surface area (Å²) in [6, 6.07) is 1.95. The molecule has 1 aliphatic heterocycles. The molecular weight excluding hydrogens is 296 g/mol. The normalized spacial score (nSPS) is 21.6. The van der Waals surface area contributed by atoms with Crippen molar-refractivity contribution in [1.82, 2.24) is 9.21 Å². The molecule has 1 aromatic rings. The van der Waals surface area contributed by atoms with Crippen LogP contribution >= 0.6 is 11.3 Å². The van der Waals surface area contributed by atoms with Gasteiger partial charge in [0.05, 0.1) is 6.61 Å². The van der Waals surface area contributed by atoms with E-state index in [0.29, 0.717) is 17.3 Å². The second kappa shape index (κ2) is 6.11. The number of likely N-dealkylation sites (N-methyl/N-ethyl adjacent to an activating group) is 1. The molecule has 2 heterocycles. The Labute approximate surface area is 124 Å². The van der Waals surface area contributed by atoms with Gasteiger partial charge in [-0.3, -0.25) is 0 Å². The molecule has 0 radical (unpaired) electrons. The Kier molecular flexibility index (Phi) is 4.86. The number of rotatable bonds is 4. The van der Waals surface area contributed by atoms with Crippen LogP contribution in [0.15, 0.2) is 10.3 Å². The summed E-state index contributed by atoms with van der Waals surface area (Å²) in [6.45, 7) is 2.85. The Morgan fingerprint density at radius 2 is 2.20 bits per heavy atom. The van der Waals surface area contributed by atoms with Gasteiger partial charge in [-0.2, -0.15) is 4.31 Å². The fraction of sp³-hybridized carbons (Fsp3) is 0.692. The molecule has 1 aliphatic rings. The summed E-state index contributed by atoms with van der Waals surface area (Å²) in [7, 11) is 0.546. The summed E-state index contributed by atoms with van der Waals surface area (Å²) in [4.78, 5) is 2.81. The van der Waals surface area contributed by atoms with Gasteiger partial charge in [0, 0.05) is 24.0 Å². The lowest BCUT2D eigenvalue weighted by Crippen LogP contribution is -2.47. The van der Waals surface area contributed by atoms with E-state index in [9.17, 15) is 13.5 Å². The van der Waals surface area contributed by atoms with E-state index in [1.54, 1.807) is 10.4 Å². The molecule has 114 valence electrons. The quantitative estimate of drug-likeness (QED) is 0.908. The van der Waals surface area contributed by atoms with Gasteiger partial charge in [-0.15, -0.1) is 11.3 Å². The molecule has 1 N–H and O–H groups in total. The molecule has 0 aliphatic carbocycles. The maximum Gasteiger partial charge on any atom is 0.252 e. The number of nitrogens with zero attached hydrogens (tertiary/aromatic N) is 2. The number of sulfonamides is 1. The average molecular weight is 318 g/mol. The van der Waals surface area contributed by atoms with Crippen LogP contribution in [0.2, 0.25) is 0 Å². The smallest absolute Gasteiger partial charge is 0.252 e. The lowest BCUT2D eigenvalue weighted by molar-refractivity contribution is 0.190. The summed E-state index contributed by atoms with van der Waals surface area (Å²) in [6.07, 6.45) is 1.92. The molecule has 2 rings (SSSR count). The fourth-order valence-corrected chi connectivity index (χ4v) is 5.58. The maximum absolute atomic E-state index is 12.7. The van der Waals surface area contributed by atoms with Gasteiger partial charge >= 0.3 is 0 Å². The minimum absolute atomic E-state index is 0.105. The Morgan fingerprint density at radius 1 is 1.50 bits per heavy atom. The molecule has 1 atom stereocenters. The van der Waals surface area contributed by atoms with E-state index < -0.39 is 10.0 Å². The monoisotopic (exact) mass is 318 g/mol. The van der Waals surface area contributed by atoms with Crippen LogP contribution in [0.1, 0.15) is 23.3 Å². The number of thiophene rings is 1. The zero-order chi connectivity index (χ0) is 14.9. The molecule has 1 aromatic heterocycles. The zero-order valence-electron chi connectivity index (χ0n) is 12.2. The lowest BCUT2D eigenvalue weighted by atomic mass is 10.1. The van der Waals surface area contributed by atoms with Crippen molar-refractivity contribution in [3.63, 3.8) is 0 Å². The van der Waals surface area contributed by atoms with Gasteiger partial charge in [0.1, 0.15) is 4.21 Å². The molecule has 0 saturated carbocycles. The minimum atomic E-state index is -3.43. The number of hydrogen-bond acceptors (Lipinski definition) is 5. The highest BCUT2D eigenvalue weighted by Crippen LogP contribution is 2.30. The molecule has 0 amide bonds. The predicted octanol–water partition coefficient (Wildman–Crippen LogP) is 1.26. The number of aliphatic hydroxyl groups is 1. The summed E-state index contributed by atoms with van der Waals surface area (Å²) >= 11 is 1.18. The van der Waals surface area contributed by atoms with Crippen LogP contribution in [0.5, 0.6) is 0 Å². The first-order valence-electron chi connectivity index (χ1n) is 6.73. The van der Waals surface area contributed by atoms with Gasteiger partial charge in [0.15, 0.2) is 0 Å². The van der Waals surface area contributed by atoms with E-state index in [4.69, 9.17) is 0 Å². The van der Waals surface area contributed by atoms with Crippen molar-refractivity contribution < 1.29 is 13.5 Å². The molecule has 20 heavy (non-hydrogen) atoms. The Balaban J connectivity index is 2.25. The highest BCUT2D eigenvalue weighted by molar-refractivity contribution is 7.91. The zero-order valence-corrected chi connectivity index (χ0v) is 13.8. The van der Waals surface area contributed by atoms with Gasteiger partial charge in [0.25, 0.3) is 10.0 Å². The third-order valence-electron chi connectivity index (χ3n) is 3.83. The van der Waals surface area contributed by atoms with Crippen molar-refractivity contribution in [2.24, 2.45) is 0 Å². The first-order chi connectivity index (χ1) is 9.36. The molecule has 0 bridgehead atoms. The van der Waals surface area contributed by atoms with E-state index in [1.807, 2.05) is 21.0 Å². The van der Waals surface area contributed by atoms with Crippen molar-refractivity contribution >= 4 is 21.4 Å². The third kappa shape index (κ3) is 3.07. The molecule has 7 heteroatoms. The Hall–Kier alpha value is -0.470. The lowest BCUT2D eigenvalue weighted by Gasteiger charge is -2.35. The van der Waals surface area contributed by atoms with Gasteiger partial charge in [-0.05, 0) is 45.5 Å². The minimum Gasteiger partial charge on any atom is -0.391 e. The highest BCUT2D eigenvalue weighted by Gasteiger charge is 2.32. The van der Waals surface area contributed by atoms with E-state index in [1.165, 1.54) is 11.3 Å². The van der Waals surface area contributed by atoms with Gasteiger partial charge in [-0.25, -0.2) is 8.42 Å². The highest BCUT2D eigenvalue weighted by atomic mass is 32.2. The molecule has 0 aromatic carbocycles. The van der Waals surface area contributed by atoms with Crippen molar-refractivity contribution in [2.45, 2.75) is 36.6 Å². The maximum atomic E-state index is 12.7. The van der Waals surface area contributed by atoms with E-state index >= 15 is 0 Å². The van der Waals surface area contributed by atoms with E-state index in [-0.39, 0.29) is 12.6 Å². The van der Waals surface area contributed by atoms with Crippen LogP contribution in [0.25, 0.3) is 0 Å². The molecule has 1 saturated heterocycles. The van der Waals surface area contributed by atoms with E-state index in [0.717, 1.165) is 23.3 Å². The van der Waals surface area contributed by atoms with Gasteiger partial charge in [0.2, 0.25) is 0 Å². The topological polar surface area (TPSA) is 60.9 Å². The first kappa shape index (κ1) is 15.9. The molecule has 1 fully saturated rings. The molecule has 5 nitrogen and oxygen atoms in total. The van der Waals surface area contributed by atoms with Crippen LogP contribution in [-0.4, -0.2) is 56.0 Å². The average Bonchev–Trinajstić information content (AvgIpc) is 2.81. The number of hydrogen-bond donors (Lipinski definition) is 1. The van der Waals surface area contributed by atoms with Gasteiger partial charge < -0.3 is 10.0 Å². The van der Waals surface area contributed by atoms with Crippen LogP contribution in [0.4, 0.5) is 0 Å². The van der Waals surface area contributed by atoms with Gasteiger partial charge in [-0.1, -0.05) is 0 Å². The summed E-state index contributed by atoms with van der Waals surface area (Å²) in [5.74, 6) is 0. The molecular formula is C13H22N2O3S2. The third-order valence-corrected chi connectivity index (χ3v) is 7.36. The summed E-state index contributed by atoms with van der Waals surface area (Å²) in [5.41, 5.74) is 0.845.